The zero-order valence-corrected chi connectivity index (χ0v) is 18.0. The van der Waals surface area contributed by atoms with Gasteiger partial charge in [0.05, 0.1) is 12.5 Å². The van der Waals surface area contributed by atoms with Crippen LogP contribution in [0.1, 0.15) is 55.3 Å². The average molecular weight is 419 g/mol. The summed E-state index contributed by atoms with van der Waals surface area (Å²) in [7, 11) is 1.62. The van der Waals surface area contributed by atoms with Crippen LogP contribution in [0.3, 0.4) is 0 Å². The Hall–Kier alpha value is -1.79. The zero-order valence-electron chi connectivity index (χ0n) is 18.0. The topological polar surface area (TPSA) is 72.6 Å². The highest BCUT2D eigenvalue weighted by atomic mass is 19.1. The number of halogens is 1. The molecule has 2 fully saturated rings. The number of piperidine rings is 1. The van der Waals surface area contributed by atoms with Crippen LogP contribution in [-0.2, 0) is 9.53 Å². The van der Waals surface area contributed by atoms with Gasteiger partial charge in [-0.3, -0.25) is 9.59 Å². The Morgan fingerprint density at radius 2 is 1.73 bits per heavy atom. The van der Waals surface area contributed by atoms with Crippen molar-refractivity contribution in [2.24, 2.45) is 29.4 Å². The van der Waals surface area contributed by atoms with Crippen LogP contribution >= 0.6 is 0 Å². The molecule has 1 unspecified atom stereocenters. The number of likely N-dealkylation sites (tertiary alicyclic amines) is 1. The number of hydrogen-bond acceptors (Lipinski definition) is 4. The number of rotatable bonds is 9. The number of hydrogen-bond donors (Lipinski definition) is 1. The number of methoxy groups -OCH3 is 1. The van der Waals surface area contributed by atoms with Gasteiger partial charge in [-0.15, -0.1) is 0 Å². The van der Waals surface area contributed by atoms with Gasteiger partial charge in [0.2, 0.25) is 5.91 Å². The summed E-state index contributed by atoms with van der Waals surface area (Å²) >= 11 is 0. The molecule has 166 valence electrons. The fourth-order valence-electron chi connectivity index (χ4n) is 5.14. The van der Waals surface area contributed by atoms with Gasteiger partial charge in [-0.2, -0.15) is 0 Å². The first kappa shape index (κ1) is 22.9. The molecule has 1 heterocycles. The minimum atomic E-state index is -0.306. The molecular formula is C24H35FN2O3. The van der Waals surface area contributed by atoms with E-state index in [9.17, 15) is 14.0 Å². The number of benzene rings is 1. The third kappa shape index (κ3) is 6.11. The second-order valence-corrected chi connectivity index (χ2v) is 9.02. The molecular weight excluding hydrogens is 383 g/mol. The number of carbonyl (C=O) groups is 2. The summed E-state index contributed by atoms with van der Waals surface area (Å²) in [6.07, 6.45) is 7.33. The zero-order chi connectivity index (χ0) is 21.5. The smallest absolute Gasteiger partial charge is 0.223 e. The van der Waals surface area contributed by atoms with Crippen LogP contribution < -0.4 is 5.73 Å². The van der Waals surface area contributed by atoms with E-state index in [1.165, 1.54) is 18.6 Å². The van der Waals surface area contributed by atoms with Crippen molar-refractivity contribution < 1.29 is 18.7 Å². The standard InChI is InChI=1S/C24H35FN2O3/c1-30-16-22(24(26)29)18-4-2-17(3-5-18)10-13-27-14-11-20(12-15-27)23(28)19-6-8-21(25)9-7-19/h6-9,17-18,20,22H,2-5,10-16H2,1H3,(H2,26,29). The fraction of sp³-hybridized carbons (Fsp3) is 0.667. The number of amides is 1. The molecule has 5 nitrogen and oxygen atoms in total. The number of nitrogens with two attached hydrogens (primary N) is 1. The summed E-state index contributed by atoms with van der Waals surface area (Å²) in [6.45, 7) is 3.40. The van der Waals surface area contributed by atoms with Gasteiger partial charge in [0.25, 0.3) is 0 Å². The third-order valence-corrected chi connectivity index (χ3v) is 7.11. The van der Waals surface area contributed by atoms with Gasteiger partial charge < -0.3 is 15.4 Å². The Bertz CT molecular complexity index is 693. The number of primary amides is 1. The molecule has 0 spiro atoms. The molecule has 30 heavy (non-hydrogen) atoms. The van der Waals surface area contributed by atoms with Crippen LogP contribution in [0.2, 0.25) is 0 Å². The summed E-state index contributed by atoms with van der Waals surface area (Å²) in [5, 5.41) is 0. The molecule has 1 aromatic carbocycles. The van der Waals surface area contributed by atoms with Gasteiger partial charge in [0.15, 0.2) is 5.78 Å². The first-order valence-electron chi connectivity index (χ1n) is 11.3. The Labute approximate surface area is 179 Å². The lowest BCUT2D eigenvalue weighted by atomic mass is 9.74. The van der Waals surface area contributed by atoms with Gasteiger partial charge in [0.1, 0.15) is 5.82 Å². The van der Waals surface area contributed by atoms with Crippen molar-refractivity contribution >= 4 is 11.7 Å². The van der Waals surface area contributed by atoms with Gasteiger partial charge in [-0.25, -0.2) is 4.39 Å². The van der Waals surface area contributed by atoms with E-state index in [0.29, 0.717) is 24.0 Å². The summed E-state index contributed by atoms with van der Waals surface area (Å²) in [5.74, 6) is 0.552. The largest absolute Gasteiger partial charge is 0.384 e. The van der Waals surface area contributed by atoms with E-state index < -0.39 is 0 Å². The molecule has 1 aromatic rings. The van der Waals surface area contributed by atoms with Crippen molar-refractivity contribution in [3.8, 4) is 0 Å². The molecule has 1 aliphatic carbocycles. The molecule has 0 bridgehead atoms. The van der Waals surface area contributed by atoms with Gasteiger partial charge in [0, 0.05) is 18.6 Å². The van der Waals surface area contributed by atoms with E-state index in [1.54, 1.807) is 19.2 Å². The highest BCUT2D eigenvalue weighted by Crippen LogP contribution is 2.35. The van der Waals surface area contributed by atoms with Crippen molar-refractivity contribution in [1.29, 1.82) is 0 Å². The summed E-state index contributed by atoms with van der Waals surface area (Å²) in [4.78, 5) is 26.8. The lowest BCUT2D eigenvalue weighted by Gasteiger charge is -2.35. The highest BCUT2D eigenvalue weighted by Gasteiger charge is 2.31. The number of carbonyl (C=O) groups excluding carboxylic acids is 2. The third-order valence-electron chi connectivity index (χ3n) is 7.11. The predicted molar refractivity (Wildman–Crippen MR) is 115 cm³/mol. The average Bonchev–Trinajstić information content (AvgIpc) is 2.77. The van der Waals surface area contributed by atoms with Crippen molar-refractivity contribution in [3.05, 3.63) is 35.6 Å². The monoisotopic (exact) mass is 418 g/mol. The number of ether oxygens (including phenoxy) is 1. The van der Waals surface area contributed by atoms with E-state index in [4.69, 9.17) is 10.5 Å². The molecule has 1 aliphatic heterocycles. The summed E-state index contributed by atoms with van der Waals surface area (Å²) < 4.78 is 18.3. The van der Waals surface area contributed by atoms with E-state index in [2.05, 4.69) is 4.90 Å². The first-order valence-corrected chi connectivity index (χ1v) is 11.3. The van der Waals surface area contributed by atoms with Crippen LogP contribution in [0.4, 0.5) is 4.39 Å². The molecule has 1 amide bonds. The first-order chi connectivity index (χ1) is 14.5. The maximum absolute atomic E-state index is 13.1. The second-order valence-electron chi connectivity index (χ2n) is 9.02. The number of Topliss-reactive ketones (excluding diaryl/α,β-unsaturated/α-hetero) is 1. The summed E-state index contributed by atoms with van der Waals surface area (Å²) in [6, 6.07) is 5.90. The van der Waals surface area contributed by atoms with E-state index in [-0.39, 0.29) is 29.3 Å². The molecule has 1 saturated heterocycles. The Morgan fingerprint density at radius 3 is 2.30 bits per heavy atom. The molecule has 1 saturated carbocycles. The maximum atomic E-state index is 13.1. The van der Waals surface area contributed by atoms with Crippen LogP contribution in [0.25, 0.3) is 0 Å². The van der Waals surface area contributed by atoms with E-state index >= 15 is 0 Å². The van der Waals surface area contributed by atoms with Gasteiger partial charge in [-0.05, 0) is 87.8 Å². The molecule has 2 N–H and O–H groups in total. The normalized spacial score (nSPS) is 24.5. The lowest BCUT2D eigenvalue weighted by molar-refractivity contribution is -0.126. The Kier molecular flexibility index (Phi) is 8.40. The maximum Gasteiger partial charge on any atom is 0.223 e. The Morgan fingerprint density at radius 1 is 1.10 bits per heavy atom. The van der Waals surface area contributed by atoms with Crippen LogP contribution in [0.5, 0.6) is 0 Å². The molecule has 0 radical (unpaired) electrons. The SMILES string of the molecule is COCC(C(N)=O)C1CCC(CCN2CCC(C(=O)c3ccc(F)cc3)CC2)CC1. The van der Waals surface area contributed by atoms with Crippen molar-refractivity contribution in [1.82, 2.24) is 4.90 Å². The number of nitrogens with zero attached hydrogens (tertiary/aromatic N) is 1. The lowest BCUT2D eigenvalue weighted by Crippen LogP contribution is -2.38. The van der Waals surface area contributed by atoms with E-state index in [1.807, 2.05) is 0 Å². The van der Waals surface area contributed by atoms with Gasteiger partial charge >= 0.3 is 0 Å². The number of ketones is 1. The molecule has 2 aliphatic rings. The van der Waals surface area contributed by atoms with Crippen molar-refractivity contribution in [2.45, 2.75) is 44.9 Å². The fourth-order valence-corrected chi connectivity index (χ4v) is 5.14. The predicted octanol–water partition coefficient (Wildman–Crippen LogP) is 3.66. The van der Waals surface area contributed by atoms with E-state index in [0.717, 1.165) is 58.2 Å². The minimum Gasteiger partial charge on any atom is -0.384 e. The molecule has 0 aromatic heterocycles. The van der Waals surface area contributed by atoms with Crippen LogP contribution in [-0.4, -0.2) is 49.9 Å². The van der Waals surface area contributed by atoms with Gasteiger partial charge in [-0.1, -0.05) is 12.8 Å². The molecule has 6 heteroatoms. The van der Waals surface area contributed by atoms with Crippen molar-refractivity contribution in [3.63, 3.8) is 0 Å². The second kappa shape index (κ2) is 11.0. The molecule has 3 rings (SSSR count). The van der Waals surface area contributed by atoms with Crippen LogP contribution in [0.15, 0.2) is 24.3 Å². The van der Waals surface area contributed by atoms with Crippen molar-refractivity contribution in [2.75, 3.05) is 33.4 Å². The highest BCUT2D eigenvalue weighted by molar-refractivity contribution is 5.97. The Balaban J connectivity index is 1.37. The minimum absolute atomic E-state index is 0.0497. The summed E-state index contributed by atoms with van der Waals surface area (Å²) in [5.41, 5.74) is 6.17. The quantitative estimate of drug-likeness (QED) is 0.621. The van der Waals surface area contributed by atoms with Crippen LogP contribution in [0, 0.1) is 29.5 Å². The molecule has 1 atom stereocenters.